The van der Waals surface area contributed by atoms with Crippen molar-refractivity contribution < 1.29 is 9.90 Å². The first kappa shape index (κ1) is 8.91. The van der Waals surface area contributed by atoms with Gasteiger partial charge in [-0.3, -0.25) is 4.79 Å². The Morgan fingerprint density at radius 1 is 1.78 bits per heavy atom. The van der Waals surface area contributed by atoms with Crippen LogP contribution in [0.3, 0.4) is 0 Å². The van der Waals surface area contributed by atoms with E-state index < -0.39 is 0 Å². The molecule has 0 heterocycles. The molecule has 1 amide bonds. The quantitative estimate of drug-likeness (QED) is 0.636. The van der Waals surface area contributed by atoms with Crippen LogP contribution in [0.2, 0.25) is 0 Å². The van der Waals surface area contributed by atoms with Gasteiger partial charge in [0.25, 0.3) is 0 Å². The van der Waals surface area contributed by atoms with Gasteiger partial charge < -0.3 is 10.0 Å². The van der Waals surface area contributed by atoms with Crippen LogP contribution in [0.15, 0.2) is 0 Å². The van der Waals surface area contributed by atoms with E-state index in [1.807, 2.05) is 0 Å². The summed E-state index contributed by atoms with van der Waals surface area (Å²) < 4.78 is 0. The summed E-state index contributed by atoms with van der Waals surface area (Å²) in [5, 5.41) is 8.69. The molecule has 0 spiro atoms. The van der Waals surface area contributed by atoms with E-state index in [9.17, 15) is 4.79 Å². The van der Waals surface area contributed by atoms with Crippen molar-refractivity contribution in [3.63, 3.8) is 0 Å². The third-order valence-electron chi connectivity index (χ3n) is 0.975. The summed E-state index contributed by atoms with van der Waals surface area (Å²) >= 11 is 3.01. The van der Waals surface area contributed by atoms with Crippen LogP contribution in [-0.2, 0) is 4.79 Å². The first-order chi connectivity index (χ1) is 4.22. The molecule has 0 saturated carbocycles. The summed E-state index contributed by atoms with van der Waals surface area (Å²) in [6.45, 7) is 0.430. The van der Waals surface area contributed by atoms with Crippen molar-refractivity contribution in [3.05, 3.63) is 0 Å². The van der Waals surface area contributed by atoms with Crippen molar-refractivity contribution in [2.45, 2.75) is 0 Å². The molecule has 1 N–H and O–H groups in total. The molecule has 0 aromatic rings. The molecule has 0 atom stereocenters. The number of alkyl halides is 1. The van der Waals surface area contributed by atoms with E-state index in [0.29, 0.717) is 11.9 Å². The minimum absolute atomic E-state index is 0.0101. The maximum atomic E-state index is 10.7. The Kier molecular flexibility index (Phi) is 4.71. The Hall–Kier alpha value is -0.0900. The summed E-state index contributed by atoms with van der Waals surface area (Å²) in [5.41, 5.74) is 0. The zero-order chi connectivity index (χ0) is 7.28. The Labute approximate surface area is 62.8 Å². The lowest BCUT2D eigenvalue weighted by Crippen LogP contribution is -2.30. The number of hydrogen-bond acceptors (Lipinski definition) is 2. The number of carbonyl (C=O) groups excluding carboxylic acids is 1. The van der Waals surface area contributed by atoms with Gasteiger partial charge in [-0.05, 0) is 0 Å². The van der Waals surface area contributed by atoms with Crippen LogP contribution in [-0.4, -0.2) is 41.4 Å². The zero-order valence-electron chi connectivity index (χ0n) is 5.30. The van der Waals surface area contributed by atoms with E-state index >= 15 is 0 Å². The fourth-order valence-electron chi connectivity index (χ4n) is 0.377. The summed E-state index contributed by atoms with van der Waals surface area (Å²) in [6.07, 6.45) is 0. The third-order valence-corrected chi connectivity index (χ3v) is 1.46. The molecule has 3 nitrogen and oxygen atoms in total. The normalized spacial score (nSPS) is 9.22. The molecule has 0 bridgehead atoms. The second kappa shape index (κ2) is 4.76. The SMILES string of the molecule is CN(CCO)C(=O)CBr. The molecule has 9 heavy (non-hydrogen) atoms. The maximum absolute atomic E-state index is 10.7. The first-order valence-corrected chi connectivity index (χ1v) is 3.75. The fourth-order valence-corrected chi connectivity index (χ4v) is 0.805. The summed E-state index contributed by atoms with van der Waals surface area (Å²) in [4.78, 5) is 12.1. The van der Waals surface area contributed by atoms with E-state index in [4.69, 9.17) is 5.11 Å². The lowest BCUT2D eigenvalue weighted by molar-refractivity contribution is -0.127. The first-order valence-electron chi connectivity index (χ1n) is 2.63. The number of aliphatic hydroxyl groups excluding tert-OH is 1. The molecule has 0 rings (SSSR count). The Morgan fingerprint density at radius 3 is 2.67 bits per heavy atom. The van der Waals surface area contributed by atoms with Gasteiger partial charge in [0.15, 0.2) is 0 Å². The number of halogens is 1. The van der Waals surface area contributed by atoms with Gasteiger partial charge in [0, 0.05) is 13.6 Å². The highest BCUT2D eigenvalue weighted by atomic mass is 79.9. The van der Waals surface area contributed by atoms with E-state index in [0.717, 1.165) is 0 Å². The van der Waals surface area contributed by atoms with Gasteiger partial charge in [-0.25, -0.2) is 0 Å². The fraction of sp³-hybridized carbons (Fsp3) is 0.800. The van der Waals surface area contributed by atoms with E-state index in [1.54, 1.807) is 7.05 Å². The van der Waals surface area contributed by atoms with Crippen LogP contribution in [0.5, 0.6) is 0 Å². The molecule has 0 saturated heterocycles. The maximum Gasteiger partial charge on any atom is 0.233 e. The van der Waals surface area contributed by atoms with Crippen molar-refractivity contribution in [1.82, 2.24) is 4.90 Å². The standard InChI is InChI=1S/C5H10BrNO2/c1-7(2-3-8)5(9)4-6/h8H,2-4H2,1H3. The van der Waals surface area contributed by atoms with Gasteiger partial charge in [0.05, 0.1) is 11.9 Å². The Balaban J connectivity index is 3.45. The number of rotatable bonds is 3. The minimum atomic E-state index is -0.0101. The van der Waals surface area contributed by atoms with Crippen molar-refractivity contribution in [3.8, 4) is 0 Å². The molecular formula is C5H10BrNO2. The number of amides is 1. The van der Waals surface area contributed by atoms with Crippen LogP contribution >= 0.6 is 15.9 Å². The number of aliphatic hydroxyl groups is 1. The van der Waals surface area contributed by atoms with Crippen LogP contribution in [0.25, 0.3) is 0 Å². The van der Waals surface area contributed by atoms with Crippen molar-refractivity contribution >= 4 is 21.8 Å². The second-order valence-corrected chi connectivity index (χ2v) is 2.23. The van der Waals surface area contributed by atoms with E-state index in [-0.39, 0.29) is 12.5 Å². The average molecular weight is 196 g/mol. The molecule has 0 aromatic heterocycles. The van der Waals surface area contributed by atoms with Gasteiger partial charge in [-0.1, -0.05) is 15.9 Å². The molecule has 0 aliphatic heterocycles. The summed E-state index contributed by atoms with van der Waals surface area (Å²) in [7, 11) is 1.65. The predicted octanol–water partition coefficient (Wildman–Crippen LogP) is -0.168. The molecule has 0 unspecified atom stereocenters. The number of nitrogens with zero attached hydrogens (tertiary/aromatic N) is 1. The lowest BCUT2D eigenvalue weighted by Gasteiger charge is -2.12. The third kappa shape index (κ3) is 3.48. The largest absolute Gasteiger partial charge is 0.395 e. The highest BCUT2D eigenvalue weighted by Gasteiger charge is 2.03. The van der Waals surface area contributed by atoms with Gasteiger partial charge in [-0.15, -0.1) is 0 Å². The van der Waals surface area contributed by atoms with E-state index in [2.05, 4.69) is 15.9 Å². The molecule has 0 aliphatic carbocycles. The van der Waals surface area contributed by atoms with Crippen LogP contribution in [0.4, 0.5) is 0 Å². The highest BCUT2D eigenvalue weighted by Crippen LogP contribution is 1.87. The zero-order valence-corrected chi connectivity index (χ0v) is 6.89. The minimum Gasteiger partial charge on any atom is -0.395 e. The van der Waals surface area contributed by atoms with Gasteiger partial charge in [0.2, 0.25) is 5.91 Å². The molecular weight excluding hydrogens is 186 g/mol. The lowest BCUT2D eigenvalue weighted by atomic mass is 10.5. The molecule has 54 valence electrons. The topological polar surface area (TPSA) is 40.5 Å². The highest BCUT2D eigenvalue weighted by molar-refractivity contribution is 9.09. The van der Waals surface area contributed by atoms with Crippen LogP contribution in [0.1, 0.15) is 0 Å². The second-order valence-electron chi connectivity index (χ2n) is 1.67. The van der Waals surface area contributed by atoms with Crippen molar-refractivity contribution in [2.24, 2.45) is 0 Å². The van der Waals surface area contributed by atoms with Crippen LogP contribution < -0.4 is 0 Å². The molecule has 0 aliphatic rings. The number of carbonyl (C=O) groups is 1. The van der Waals surface area contributed by atoms with Gasteiger partial charge in [0.1, 0.15) is 0 Å². The summed E-state index contributed by atoms with van der Waals surface area (Å²) in [5.74, 6) is -0.0101. The van der Waals surface area contributed by atoms with E-state index in [1.165, 1.54) is 4.90 Å². The van der Waals surface area contributed by atoms with Crippen LogP contribution in [0, 0.1) is 0 Å². The number of likely N-dealkylation sites (N-methyl/N-ethyl adjacent to an activating group) is 1. The van der Waals surface area contributed by atoms with Gasteiger partial charge >= 0.3 is 0 Å². The molecule has 4 heteroatoms. The smallest absolute Gasteiger partial charge is 0.233 e. The molecule has 0 radical (unpaired) electrons. The predicted molar refractivity (Wildman–Crippen MR) is 38.5 cm³/mol. The monoisotopic (exact) mass is 195 g/mol. The van der Waals surface area contributed by atoms with Crippen molar-refractivity contribution in [2.75, 3.05) is 25.5 Å². The Morgan fingerprint density at radius 2 is 2.33 bits per heavy atom. The Bertz CT molecular complexity index is 97.0. The summed E-state index contributed by atoms with van der Waals surface area (Å²) in [6, 6.07) is 0. The molecule has 0 fully saturated rings. The number of hydrogen-bond donors (Lipinski definition) is 1. The van der Waals surface area contributed by atoms with Gasteiger partial charge in [-0.2, -0.15) is 0 Å². The average Bonchev–Trinajstić information content (AvgIpc) is 1.87. The molecule has 0 aromatic carbocycles. The van der Waals surface area contributed by atoms with Crippen molar-refractivity contribution in [1.29, 1.82) is 0 Å².